The van der Waals surface area contributed by atoms with Crippen LogP contribution in [0.4, 0.5) is 0 Å². The van der Waals surface area contributed by atoms with E-state index in [-0.39, 0.29) is 0 Å². The van der Waals surface area contributed by atoms with E-state index in [1.807, 2.05) is 0 Å². The number of benzene rings is 1. The summed E-state index contributed by atoms with van der Waals surface area (Å²) in [5, 5.41) is 0. The van der Waals surface area contributed by atoms with Crippen LogP contribution in [0.15, 0.2) is 36.5 Å². The number of aromatic nitrogens is 2. The standard InChI is InChI=1S/C17H23N3/c18-11-16-13-20(12-14-7-3-1-4-8-14)17(19-16)15-9-5-2-6-10-15/h1,3-4,7-8,13,15H,2,5-6,9-12,18H2. The van der Waals surface area contributed by atoms with Gasteiger partial charge in [0.15, 0.2) is 0 Å². The molecule has 0 saturated heterocycles. The van der Waals surface area contributed by atoms with E-state index in [0.29, 0.717) is 12.5 Å². The lowest BCUT2D eigenvalue weighted by molar-refractivity contribution is 0.418. The van der Waals surface area contributed by atoms with Crippen LogP contribution < -0.4 is 5.73 Å². The van der Waals surface area contributed by atoms with E-state index in [1.165, 1.54) is 43.5 Å². The van der Waals surface area contributed by atoms with Gasteiger partial charge in [-0.25, -0.2) is 4.98 Å². The smallest absolute Gasteiger partial charge is 0.112 e. The van der Waals surface area contributed by atoms with Crippen molar-refractivity contribution in [2.75, 3.05) is 0 Å². The summed E-state index contributed by atoms with van der Waals surface area (Å²) in [7, 11) is 0. The fourth-order valence-electron chi connectivity index (χ4n) is 3.18. The van der Waals surface area contributed by atoms with Crippen molar-refractivity contribution in [1.29, 1.82) is 0 Å². The van der Waals surface area contributed by atoms with Crippen molar-refractivity contribution < 1.29 is 0 Å². The maximum Gasteiger partial charge on any atom is 0.112 e. The van der Waals surface area contributed by atoms with E-state index in [0.717, 1.165) is 12.2 Å². The molecule has 1 saturated carbocycles. The molecule has 106 valence electrons. The third-order valence-electron chi connectivity index (χ3n) is 4.23. The summed E-state index contributed by atoms with van der Waals surface area (Å²) in [5.74, 6) is 1.86. The third-order valence-corrected chi connectivity index (χ3v) is 4.23. The Labute approximate surface area is 120 Å². The lowest BCUT2D eigenvalue weighted by Crippen LogP contribution is -2.12. The highest BCUT2D eigenvalue weighted by molar-refractivity contribution is 5.18. The Morgan fingerprint density at radius 3 is 2.55 bits per heavy atom. The van der Waals surface area contributed by atoms with Crippen LogP contribution in [0.5, 0.6) is 0 Å². The Bertz CT molecular complexity index is 539. The summed E-state index contributed by atoms with van der Waals surface area (Å²) in [6, 6.07) is 10.6. The fraction of sp³-hybridized carbons (Fsp3) is 0.471. The van der Waals surface area contributed by atoms with Crippen LogP contribution in [0.3, 0.4) is 0 Å². The lowest BCUT2D eigenvalue weighted by atomic mass is 9.88. The fourth-order valence-corrected chi connectivity index (χ4v) is 3.18. The van der Waals surface area contributed by atoms with Crippen LogP contribution in [0, 0.1) is 0 Å². The van der Waals surface area contributed by atoms with Crippen molar-refractivity contribution in [3.05, 3.63) is 53.6 Å². The maximum absolute atomic E-state index is 5.78. The average molecular weight is 269 g/mol. The average Bonchev–Trinajstić information content (AvgIpc) is 2.92. The van der Waals surface area contributed by atoms with Gasteiger partial charge in [0.05, 0.1) is 5.69 Å². The minimum absolute atomic E-state index is 0.529. The summed E-state index contributed by atoms with van der Waals surface area (Å²) < 4.78 is 2.31. The molecule has 1 fully saturated rings. The van der Waals surface area contributed by atoms with E-state index in [4.69, 9.17) is 10.7 Å². The number of nitrogens with zero attached hydrogens (tertiary/aromatic N) is 2. The zero-order valence-electron chi connectivity index (χ0n) is 12.0. The molecule has 1 aliphatic rings. The number of hydrogen-bond acceptors (Lipinski definition) is 2. The Hall–Kier alpha value is -1.61. The minimum Gasteiger partial charge on any atom is -0.330 e. The van der Waals surface area contributed by atoms with Gasteiger partial charge >= 0.3 is 0 Å². The Kier molecular flexibility index (Phi) is 4.16. The highest BCUT2D eigenvalue weighted by Gasteiger charge is 2.21. The molecule has 1 aromatic heterocycles. The first-order chi connectivity index (χ1) is 9.86. The van der Waals surface area contributed by atoms with Crippen LogP contribution in [0.1, 0.15) is 55.1 Å². The molecule has 0 atom stereocenters. The van der Waals surface area contributed by atoms with Gasteiger partial charge in [-0.3, -0.25) is 0 Å². The molecule has 2 N–H and O–H groups in total. The van der Waals surface area contributed by atoms with E-state index in [2.05, 4.69) is 41.1 Å². The first-order valence-corrected chi connectivity index (χ1v) is 7.67. The van der Waals surface area contributed by atoms with Crippen LogP contribution in [-0.4, -0.2) is 9.55 Å². The molecular formula is C17H23N3. The minimum atomic E-state index is 0.529. The summed E-state index contributed by atoms with van der Waals surface area (Å²) in [4.78, 5) is 4.79. The molecular weight excluding hydrogens is 246 g/mol. The van der Waals surface area contributed by atoms with Crippen molar-refractivity contribution in [1.82, 2.24) is 9.55 Å². The highest BCUT2D eigenvalue weighted by atomic mass is 15.1. The molecule has 0 amide bonds. The molecule has 3 nitrogen and oxygen atoms in total. The van der Waals surface area contributed by atoms with Gasteiger partial charge in [-0.1, -0.05) is 49.6 Å². The molecule has 2 aromatic rings. The predicted molar refractivity (Wildman–Crippen MR) is 81.5 cm³/mol. The molecule has 20 heavy (non-hydrogen) atoms. The van der Waals surface area contributed by atoms with Gasteiger partial charge in [-0.15, -0.1) is 0 Å². The molecule has 1 heterocycles. The van der Waals surface area contributed by atoms with Crippen LogP contribution in [0.2, 0.25) is 0 Å². The molecule has 3 rings (SSSR count). The highest BCUT2D eigenvalue weighted by Crippen LogP contribution is 2.32. The first kappa shape index (κ1) is 13.4. The van der Waals surface area contributed by atoms with Crippen molar-refractivity contribution in [3.8, 4) is 0 Å². The second-order valence-corrected chi connectivity index (χ2v) is 5.74. The zero-order valence-corrected chi connectivity index (χ0v) is 12.0. The molecule has 1 aliphatic carbocycles. The van der Waals surface area contributed by atoms with Gasteiger partial charge in [-0.05, 0) is 18.4 Å². The van der Waals surface area contributed by atoms with Crippen molar-refractivity contribution in [2.45, 2.75) is 51.1 Å². The number of hydrogen-bond donors (Lipinski definition) is 1. The summed E-state index contributed by atoms with van der Waals surface area (Å²) >= 11 is 0. The molecule has 0 bridgehead atoms. The second-order valence-electron chi connectivity index (χ2n) is 5.74. The van der Waals surface area contributed by atoms with E-state index >= 15 is 0 Å². The van der Waals surface area contributed by atoms with Crippen molar-refractivity contribution >= 4 is 0 Å². The normalized spacial score (nSPS) is 16.4. The van der Waals surface area contributed by atoms with Gasteiger partial charge in [0.2, 0.25) is 0 Å². The summed E-state index contributed by atoms with van der Waals surface area (Å²) in [5.41, 5.74) is 8.12. The van der Waals surface area contributed by atoms with Crippen LogP contribution >= 0.6 is 0 Å². The first-order valence-electron chi connectivity index (χ1n) is 7.67. The van der Waals surface area contributed by atoms with E-state index in [1.54, 1.807) is 0 Å². The zero-order chi connectivity index (χ0) is 13.8. The summed E-state index contributed by atoms with van der Waals surface area (Å²) in [6.07, 6.45) is 8.73. The van der Waals surface area contributed by atoms with Gasteiger partial charge < -0.3 is 10.3 Å². The monoisotopic (exact) mass is 269 g/mol. The maximum atomic E-state index is 5.78. The van der Waals surface area contributed by atoms with Crippen molar-refractivity contribution in [2.24, 2.45) is 5.73 Å². The Morgan fingerprint density at radius 2 is 1.85 bits per heavy atom. The quantitative estimate of drug-likeness (QED) is 0.924. The number of nitrogens with two attached hydrogens (primary N) is 1. The molecule has 0 aliphatic heterocycles. The largest absolute Gasteiger partial charge is 0.330 e. The van der Waals surface area contributed by atoms with Crippen LogP contribution in [-0.2, 0) is 13.1 Å². The van der Waals surface area contributed by atoms with Crippen molar-refractivity contribution in [3.63, 3.8) is 0 Å². The predicted octanol–water partition coefficient (Wildman–Crippen LogP) is 3.44. The molecule has 0 spiro atoms. The molecule has 1 aromatic carbocycles. The number of imidazole rings is 1. The number of rotatable bonds is 4. The van der Waals surface area contributed by atoms with E-state index < -0.39 is 0 Å². The topological polar surface area (TPSA) is 43.8 Å². The third kappa shape index (κ3) is 2.93. The van der Waals surface area contributed by atoms with Gasteiger partial charge in [0.1, 0.15) is 5.82 Å². The molecule has 0 radical (unpaired) electrons. The SMILES string of the molecule is NCc1cn(Cc2ccccc2)c(C2CCCCC2)n1. The molecule has 0 unspecified atom stereocenters. The van der Waals surface area contributed by atoms with Crippen LogP contribution in [0.25, 0.3) is 0 Å². The second kappa shape index (κ2) is 6.23. The lowest BCUT2D eigenvalue weighted by Gasteiger charge is -2.22. The van der Waals surface area contributed by atoms with E-state index in [9.17, 15) is 0 Å². The Balaban J connectivity index is 1.86. The van der Waals surface area contributed by atoms with Gasteiger partial charge in [0, 0.05) is 25.2 Å². The van der Waals surface area contributed by atoms with Gasteiger partial charge in [0.25, 0.3) is 0 Å². The Morgan fingerprint density at radius 1 is 1.10 bits per heavy atom. The summed E-state index contributed by atoms with van der Waals surface area (Å²) in [6.45, 7) is 1.43. The molecule has 3 heteroatoms. The van der Waals surface area contributed by atoms with Gasteiger partial charge in [-0.2, -0.15) is 0 Å².